The molecule has 1 aromatic rings. The molecule has 0 aromatic heterocycles. The monoisotopic (exact) mass is 397 g/mol. The zero-order valence-corrected chi connectivity index (χ0v) is 17.7. The summed E-state index contributed by atoms with van der Waals surface area (Å²) >= 11 is 0. The Bertz CT molecular complexity index is 747. The number of carbonyl (C=O) groups excluding carboxylic acids is 1. The molecule has 29 heavy (non-hydrogen) atoms. The number of nitrogens with zero attached hydrogens (tertiary/aromatic N) is 2. The van der Waals surface area contributed by atoms with Crippen LogP contribution in [-0.4, -0.2) is 68.1 Å². The number of hydrogen-bond acceptors (Lipinski definition) is 4. The van der Waals surface area contributed by atoms with Gasteiger partial charge in [-0.25, -0.2) is 0 Å². The molecule has 5 nitrogen and oxygen atoms in total. The average Bonchev–Trinajstić information content (AvgIpc) is 3.50. The lowest BCUT2D eigenvalue weighted by Crippen LogP contribution is -2.51. The van der Waals surface area contributed by atoms with Crippen molar-refractivity contribution >= 4 is 5.91 Å². The zero-order valence-electron chi connectivity index (χ0n) is 17.7. The van der Waals surface area contributed by atoms with Gasteiger partial charge in [0.15, 0.2) is 0 Å². The minimum atomic E-state index is -0.187. The van der Waals surface area contributed by atoms with E-state index in [9.17, 15) is 4.79 Å². The molecule has 4 atom stereocenters. The second kappa shape index (κ2) is 7.92. The summed E-state index contributed by atoms with van der Waals surface area (Å²) < 4.78 is 5.45. The van der Waals surface area contributed by atoms with Crippen molar-refractivity contribution in [2.75, 3.05) is 46.4 Å². The third-order valence-corrected chi connectivity index (χ3v) is 8.17. The molecule has 4 fully saturated rings. The summed E-state index contributed by atoms with van der Waals surface area (Å²) in [4.78, 5) is 18.8. The van der Waals surface area contributed by atoms with Crippen LogP contribution in [0.15, 0.2) is 24.3 Å². The van der Waals surface area contributed by atoms with E-state index in [-0.39, 0.29) is 5.41 Å². The Morgan fingerprint density at radius 3 is 2.79 bits per heavy atom. The first-order chi connectivity index (χ1) is 14.2. The lowest BCUT2D eigenvalue weighted by molar-refractivity contribution is -0.144. The molecule has 1 amide bonds. The molecule has 2 saturated heterocycles. The van der Waals surface area contributed by atoms with Gasteiger partial charge in [0.2, 0.25) is 5.91 Å². The van der Waals surface area contributed by atoms with E-state index < -0.39 is 0 Å². The van der Waals surface area contributed by atoms with Crippen molar-refractivity contribution in [3.63, 3.8) is 0 Å². The third-order valence-electron chi connectivity index (χ3n) is 8.17. The van der Waals surface area contributed by atoms with E-state index in [1.165, 1.54) is 24.8 Å². The number of ether oxygens (including phenoxy) is 1. The molecule has 5 heteroatoms. The molecule has 0 spiro atoms. The smallest absolute Gasteiger partial charge is 0.229 e. The summed E-state index contributed by atoms with van der Waals surface area (Å²) in [5.74, 6) is 2.66. The molecule has 4 aliphatic rings. The maximum Gasteiger partial charge on any atom is 0.229 e. The molecule has 2 aliphatic heterocycles. The van der Waals surface area contributed by atoms with Crippen LogP contribution < -0.4 is 10.1 Å². The van der Waals surface area contributed by atoms with Crippen LogP contribution in [0.2, 0.25) is 0 Å². The number of amides is 1. The number of likely N-dealkylation sites (tertiary alicyclic amines) is 1. The number of carbonyl (C=O) groups is 1. The normalized spacial score (nSPS) is 34.7. The van der Waals surface area contributed by atoms with Crippen molar-refractivity contribution in [1.82, 2.24) is 15.1 Å². The predicted octanol–water partition coefficient (Wildman–Crippen LogP) is 2.55. The molecular formula is C24H35N3O2. The molecule has 4 unspecified atom stereocenters. The standard InChI is InChI=1S/C24H35N3O2/c1-29-22-4-2-3-18(14-22)15-24(16-19-5-6-20(24)13-19)23(28)27-10-7-21(17-27)26-11-8-25-9-12-26/h2-4,14,19-21,25H,5-13,15-17H2,1H3. The summed E-state index contributed by atoms with van der Waals surface area (Å²) in [6.07, 6.45) is 6.90. The Balaban J connectivity index is 1.35. The van der Waals surface area contributed by atoms with Gasteiger partial charge in [0.05, 0.1) is 12.5 Å². The Hall–Kier alpha value is -1.59. The Labute approximate surface area is 174 Å². The second-order valence-corrected chi connectivity index (χ2v) is 9.74. The van der Waals surface area contributed by atoms with Crippen molar-refractivity contribution in [1.29, 1.82) is 0 Å². The van der Waals surface area contributed by atoms with Gasteiger partial charge in [-0.05, 0) is 61.6 Å². The van der Waals surface area contributed by atoms with Crippen molar-refractivity contribution < 1.29 is 9.53 Å². The van der Waals surface area contributed by atoms with Crippen LogP contribution >= 0.6 is 0 Å². The van der Waals surface area contributed by atoms with Gasteiger partial charge in [-0.2, -0.15) is 0 Å². The molecule has 1 aromatic carbocycles. The van der Waals surface area contributed by atoms with Crippen LogP contribution in [0.25, 0.3) is 0 Å². The van der Waals surface area contributed by atoms with E-state index >= 15 is 0 Å². The van der Waals surface area contributed by atoms with Crippen molar-refractivity contribution in [3.05, 3.63) is 29.8 Å². The van der Waals surface area contributed by atoms with Gasteiger partial charge in [-0.15, -0.1) is 0 Å². The number of fused-ring (bicyclic) bond motifs is 2. The summed E-state index contributed by atoms with van der Waals surface area (Å²) in [5.41, 5.74) is 1.07. The predicted molar refractivity (Wildman–Crippen MR) is 114 cm³/mol. The minimum Gasteiger partial charge on any atom is -0.497 e. The van der Waals surface area contributed by atoms with E-state index in [1.807, 2.05) is 6.07 Å². The van der Waals surface area contributed by atoms with Gasteiger partial charge >= 0.3 is 0 Å². The van der Waals surface area contributed by atoms with Crippen LogP contribution in [0.5, 0.6) is 5.75 Å². The molecule has 2 saturated carbocycles. The van der Waals surface area contributed by atoms with E-state index in [2.05, 4.69) is 33.3 Å². The molecule has 2 heterocycles. The van der Waals surface area contributed by atoms with Crippen LogP contribution in [0, 0.1) is 17.3 Å². The second-order valence-electron chi connectivity index (χ2n) is 9.74. The SMILES string of the molecule is COc1cccc(CC2(C(=O)N3CCC(N4CCNCC4)C3)CC3CCC2C3)c1. The summed E-state index contributed by atoms with van der Waals surface area (Å²) in [5, 5.41) is 3.45. The number of nitrogens with one attached hydrogen (secondary N) is 1. The highest BCUT2D eigenvalue weighted by Crippen LogP contribution is 2.58. The van der Waals surface area contributed by atoms with Gasteiger partial charge < -0.3 is 15.0 Å². The Morgan fingerprint density at radius 2 is 2.07 bits per heavy atom. The summed E-state index contributed by atoms with van der Waals surface area (Å²) in [6, 6.07) is 8.92. The molecule has 1 N–H and O–H groups in total. The zero-order chi connectivity index (χ0) is 19.8. The maximum atomic E-state index is 14.0. The van der Waals surface area contributed by atoms with Gasteiger partial charge in [0.25, 0.3) is 0 Å². The highest BCUT2D eigenvalue weighted by atomic mass is 16.5. The number of methoxy groups -OCH3 is 1. The number of hydrogen-bond donors (Lipinski definition) is 1. The Morgan fingerprint density at radius 1 is 1.21 bits per heavy atom. The number of rotatable bonds is 5. The summed E-state index contributed by atoms with van der Waals surface area (Å²) in [7, 11) is 1.72. The molecule has 5 rings (SSSR count). The van der Waals surface area contributed by atoms with Gasteiger partial charge in [-0.3, -0.25) is 9.69 Å². The first-order valence-electron chi connectivity index (χ1n) is 11.5. The van der Waals surface area contributed by atoms with Crippen LogP contribution in [0.1, 0.15) is 37.7 Å². The molecule has 158 valence electrons. The van der Waals surface area contributed by atoms with Crippen molar-refractivity contribution in [2.24, 2.45) is 17.3 Å². The first kappa shape index (κ1) is 19.4. The topological polar surface area (TPSA) is 44.8 Å². The lowest BCUT2D eigenvalue weighted by Gasteiger charge is -2.40. The quantitative estimate of drug-likeness (QED) is 0.829. The number of piperazine rings is 1. The first-order valence-corrected chi connectivity index (χ1v) is 11.5. The van der Waals surface area contributed by atoms with E-state index in [0.717, 1.165) is 70.2 Å². The highest BCUT2D eigenvalue weighted by molar-refractivity contribution is 5.84. The van der Waals surface area contributed by atoms with Gasteiger partial charge in [0.1, 0.15) is 5.75 Å². The lowest BCUT2D eigenvalue weighted by atomic mass is 9.68. The van der Waals surface area contributed by atoms with Crippen LogP contribution in [0.4, 0.5) is 0 Å². The van der Waals surface area contributed by atoms with Crippen molar-refractivity contribution in [2.45, 2.75) is 44.6 Å². The van der Waals surface area contributed by atoms with E-state index in [0.29, 0.717) is 17.9 Å². The Kier molecular flexibility index (Phi) is 5.29. The van der Waals surface area contributed by atoms with Gasteiger partial charge in [-0.1, -0.05) is 18.6 Å². The molecular weight excluding hydrogens is 362 g/mol. The van der Waals surface area contributed by atoms with E-state index in [1.54, 1.807) is 7.11 Å². The maximum absolute atomic E-state index is 14.0. The third kappa shape index (κ3) is 3.57. The fourth-order valence-electron chi connectivity index (χ4n) is 6.73. The summed E-state index contributed by atoms with van der Waals surface area (Å²) in [6.45, 7) is 6.25. The average molecular weight is 398 g/mol. The van der Waals surface area contributed by atoms with Crippen LogP contribution in [0.3, 0.4) is 0 Å². The minimum absolute atomic E-state index is 0.187. The molecule has 0 radical (unpaired) electrons. The van der Waals surface area contributed by atoms with Gasteiger partial charge in [0, 0.05) is 45.3 Å². The fraction of sp³-hybridized carbons (Fsp3) is 0.708. The molecule has 2 aliphatic carbocycles. The number of benzene rings is 1. The van der Waals surface area contributed by atoms with Crippen LogP contribution in [-0.2, 0) is 11.2 Å². The highest BCUT2D eigenvalue weighted by Gasteiger charge is 2.56. The molecule has 2 bridgehead atoms. The fourth-order valence-corrected chi connectivity index (χ4v) is 6.73. The van der Waals surface area contributed by atoms with Crippen molar-refractivity contribution in [3.8, 4) is 5.75 Å². The van der Waals surface area contributed by atoms with E-state index in [4.69, 9.17) is 4.74 Å². The largest absolute Gasteiger partial charge is 0.497 e.